The van der Waals surface area contributed by atoms with E-state index in [1.807, 2.05) is 0 Å². The third-order valence-electron chi connectivity index (χ3n) is 6.13. The maximum atomic E-state index is 11.0. The molecule has 0 aromatic carbocycles. The van der Waals surface area contributed by atoms with Crippen molar-refractivity contribution in [1.29, 1.82) is 0 Å². The molecule has 1 fully saturated rings. The average Bonchev–Trinajstić information content (AvgIpc) is 3.04. The van der Waals surface area contributed by atoms with Crippen LogP contribution in [-0.2, 0) is 9.53 Å². The number of aliphatic hydroxyl groups is 2. The summed E-state index contributed by atoms with van der Waals surface area (Å²) in [5.74, 6) is -0.465. The van der Waals surface area contributed by atoms with E-state index in [0.717, 1.165) is 51.4 Å². The van der Waals surface area contributed by atoms with Crippen molar-refractivity contribution >= 4 is 5.97 Å². The summed E-state index contributed by atoms with van der Waals surface area (Å²) < 4.78 is 5.83. The van der Waals surface area contributed by atoms with E-state index in [9.17, 15) is 15.0 Å². The summed E-state index contributed by atoms with van der Waals surface area (Å²) in [7, 11) is 0. The highest BCUT2D eigenvalue weighted by Gasteiger charge is 2.33. The number of carboxylic acids is 1. The van der Waals surface area contributed by atoms with Gasteiger partial charge in [0.1, 0.15) is 0 Å². The zero-order chi connectivity index (χ0) is 21.5. The molecule has 5 heteroatoms. The van der Waals surface area contributed by atoms with Crippen LogP contribution in [0, 0.1) is 11.8 Å². The van der Waals surface area contributed by atoms with E-state index >= 15 is 0 Å². The minimum Gasteiger partial charge on any atom is -0.479 e. The van der Waals surface area contributed by atoms with E-state index in [4.69, 9.17) is 9.84 Å². The molecule has 0 aromatic rings. The molecule has 1 aliphatic carbocycles. The number of carbonyl (C=O) groups is 1. The summed E-state index contributed by atoms with van der Waals surface area (Å²) in [5, 5.41) is 29.1. The van der Waals surface area contributed by atoms with Crippen molar-refractivity contribution in [2.45, 2.75) is 116 Å². The van der Waals surface area contributed by atoms with Crippen LogP contribution in [-0.4, -0.2) is 46.2 Å². The van der Waals surface area contributed by atoms with Gasteiger partial charge in [-0.2, -0.15) is 0 Å². The first-order chi connectivity index (χ1) is 14.0. The number of hydrogen-bond acceptors (Lipinski definition) is 4. The van der Waals surface area contributed by atoms with Crippen LogP contribution in [0.3, 0.4) is 0 Å². The number of aliphatic carboxylic acids is 1. The summed E-state index contributed by atoms with van der Waals surface area (Å²) in [4.78, 5) is 11.0. The Balaban J connectivity index is 2.44. The van der Waals surface area contributed by atoms with Gasteiger partial charge >= 0.3 is 5.97 Å². The number of allylic oxidation sites excluding steroid dienone is 2. The molecule has 0 aliphatic heterocycles. The first kappa shape index (κ1) is 26.1. The maximum Gasteiger partial charge on any atom is 0.332 e. The molecule has 0 amide bonds. The smallest absolute Gasteiger partial charge is 0.332 e. The van der Waals surface area contributed by atoms with Crippen LogP contribution in [0.2, 0.25) is 0 Å². The maximum absolute atomic E-state index is 11.0. The van der Waals surface area contributed by atoms with Crippen molar-refractivity contribution in [1.82, 2.24) is 0 Å². The van der Waals surface area contributed by atoms with Crippen LogP contribution in [0.4, 0.5) is 0 Å². The van der Waals surface area contributed by atoms with Gasteiger partial charge in [0.25, 0.3) is 0 Å². The van der Waals surface area contributed by atoms with Gasteiger partial charge in [-0.1, -0.05) is 58.1 Å². The van der Waals surface area contributed by atoms with Gasteiger partial charge in [-0.3, -0.25) is 0 Å². The van der Waals surface area contributed by atoms with Gasteiger partial charge in [-0.25, -0.2) is 4.79 Å². The summed E-state index contributed by atoms with van der Waals surface area (Å²) >= 11 is 0. The van der Waals surface area contributed by atoms with E-state index in [-0.39, 0.29) is 24.5 Å². The second-order valence-corrected chi connectivity index (χ2v) is 8.62. The lowest BCUT2D eigenvalue weighted by Crippen LogP contribution is -2.28. The van der Waals surface area contributed by atoms with Gasteiger partial charge in [0.2, 0.25) is 0 Å². The molecule has 3 N–H and O–H groups in total. The number of rotatable bonds is 17. The Morgan fingerprint density at radius 2 is 1.86 bits per heavy atom. The Hall–Kier alpha value is -0.910. The van der Waals surface area contributed by atoms with E-state index in [1.54, 1.807) is 0 Å². The van der Waals surface area contributed by atoms with Crippen LogP contribution >= 0.6 is 0 Å². The third kappa shape index (κ3) is 11.2. The minimum absolute atomic E-state index is 0.132. The number of aliphatic hydroxyl groups excluding tert-OH is 2. The van der Waals surface area contributed by atoms with Crippen molar-refractivity contribution < 1.29 is 24.9 Å². The predicted octanol–water partition coefficient (Wildman–Crippen LogP) is 5.09. The van der Waals surface area contributed by atoms with Crippen LogP contribution in [0.15, 0.2) is 12.2 Å². The highest BCUT2D eigenvalue weighted by atomic mass is 16.5. The molecule has 0 radical (unpaired) electrons. The van der Waals surface area contributed by atoms with Crippen molar-refractivity contribution in [3.05, 3.63) is 12.2 Å². The van der Waals surface area contributed by atoms with Crippen LogP contribution in [0.1, 0.15) is 97.3 Å². The lowest BCUT2D eigenvalue weighted by atomic mass is 9.88. The third-order valence-corrected chi connectivity index (χ3v) is 6.13. The summed E-state index contributed by atoms with van der Waals surface area (Å²) in [5.41, 5.74) is 0. The van der Waals surface area contributed by atoms with E-state index < -0.39 is 12.1 Å². The molecule has 0 bridgehead atoms. The number of carboxylic acid groups (broad SMARTS) is 1. The van der Waals surface area contributed by atoms with Crippen molar-refractivity contribution in [2.75, 3.05) is 6.61 Å². The second kappa shape index (κ2) is 15.9. The van der Waals surface area contributed by atoms with E-state index in [1.165, 1.54) is 25.7 Å². The number of hydrogen-bond donors (Lipinski definition) is 3. The predicted molar refractivity (Wildman–Crippen MR) is 117 cm³/mol. The van der Waals surface area contributed by atoms with Crippen LogP contribution in [0.25, 0.3) is 0 Å². The summed E-state index contributed by atoms with van der Waals surface area (Å²) in [6.45, 7) is 4.91. The van der Waals surface area contributed by atoms with Gasteiger partial charge < -0.3 is 20.1 Å². The fourth-order valence-corrected chi connectivity index (χ4v) is 4.28. The molecule has 5 nitrogen and oxygen atoms in total. The number of unbranched alkanes of at least 4 members (excludes halogenated alkanes) is 5. The lowest BCUT2D eigenvalue weighted by Gasteiger charge is -2.23. The molecule has 0 spiro atoms. The van der Waals surface area contributed by atoms with E-state index in [2.05, 4.69) is 26.0 Å². The molecular formula is C24H44O5. The fourth-order valence-electron chi connectivity index (χ4n) is 4.28. The molecule has 170 valence electrons. The van der Waals surface area contributed by atoms with Gasteiger partial charge in [0.15, 0.2) is 6.10 Å². The SMILES string of the molecule is CCCCCCC=C[C@H]1CC[C@H](O)[C@@H]1CCCC(CC(O)C(=O)O)OCCCC. The van der Waals surface area contributed by atoms with Crippen molar-refractivity contribution in [3.8, 4) is 0 Å². The van der Waals surface area contributed by atoms with Gasteiger partial charge in [0.05, 0.1) is 12.2 Å². The first-order valence-corrected chi connectivity index (χ1v) is 11.9. The Labute approximate surface area is 177 Å². The Morgan fingerprint density at radius 3 is 2.55 bits per heavy atom. The zero-order valence-corrected chi connectivity index (χ0v) is 18.6. The fraction of sp³-hybridized carbons (Fsp3) is 0.875. The van der Waals surface area contributed by atoms with Crippen LogP contribution < -0.4 is 0 Å². The molecule has 0 saturated heterocycles. The summed E-state index contributed by atoms with van der Waals surface area (Å²) in [6, 6.07) is 0. The zero-order valence-electron chi connectivity index (χ0n) is 18.6. The van der Waals surface area contributed by atoms with Gasteiger partial charge in [-0.05, 0) is 56.8 Å². The molecule has 29 heavy (non-hydrogen) atoms. The van der Waals surface area contributed by atoms with Crippen molar-refractivity contribution in [2.24, 2.45) is 11.8 Å². The second-order valence-electron chi connectivity index (χ2n) is 8.62. The standard InChI is InChI=1S/C24H44O5/c1-3-5-7-8-9-10-12-19-15-16-22(25)21(19)14-11-13-20(29-17-6-4-2)18-23(26)24(27)28/h10,12,19-23,25-26H,3-9,11,13-18H2,1-2H3,(H,27,28)/t19-,20?,21+,22-,23?/m0/s1. The minimum atomic E-state index is -1.37. The Kier molecular flexibility index (Phi) is 14.3. The van der Waals surface area contributed by atoms with E-state index in [0.29, 0.717) is 12.5 Å². The van der Waals surface area contributed by atoms with Crippen molar-refractivity contribution in [3.63, 3.8) is 0 Å². The molecule has 1 aliphatic rings. The highest BCUT2D eigenvalue weighted by molar-refractivity contribution is 5.71. The monoisotopic (exact) mass is 412 g/mol. The lowest BCUT2D eigenvalue weighted by molar-refractivity contribution is -0.148. The van der Waals surface area contributed by atoms with Crippen LogP contribution in [0.5, 0.6) is 0 Å². The molecule has 0 heterocycles. The number of ether oxygens (including phenoxy) is 1. The van der Waals surface area contributed by atoms with Gasteiger partial charge in [0, 0.05) is 13.0 Å². The molecular weight excluding hydrogens is 368 g/mol. The molecule has 2 unspecified atom stereocenters. The normalized spacial score (nSPS) is 24.2. The molecule has 1 saturated carbocycles. The molecule has 5 atom stereocenters. The summed E-state index contributed by atoms with van der Waals surface area (Å²) in [6.07, 6.45) is 15.5. The topological polar surface area (TPSA) is 87.0 Å². The highest BCUT2D eigenvalue weighted by Crippen LogP contribution is 2.37. The van der Waals surface area contributed by atoms with Gasteiger partial charge in [-0.15, -0.1) is 0 Å². The first-order valence-electron chi connectivity index (χ1n) is 11.9. The molecule has 0 aromatic heterocycles. The Morgan fingerprint density at radius 1 is 1.10 bits per heavy atom. The quantitative estimate of drug-likeness (QED) is 0.229. The molecule has 1 rings (SSSR count). The Bertz CT molecular complexity index is 451. The largest absolute Gasteiger partial charge is 0.479 e. The average molecular weight is 413 g/mol.